The zero-order valence-electron chi connectivity index (χ0n) is 16.4. The number of ether oxygens (including phenoxy) is 1. The molecule has 1 amide bonds. The molecule has 2 aromatic heterocycles. The number of amides is 1. The molecule has 1 saturated heterocycles. The summed E-state index contributed by atoms with van der Waals surface area (Å²) in [5.74, 6) is 1.72. The fourth-order valence-electron chi connectivity index (χ4n) is 3.93. The van der Waals surface area contributed by atoms with E-state index in [2.05, 4.69) is 33.4 Å². The maximum absolute atomic E-state index is 11.3. The van der Waals surface area contributed by atoms with Crippen molar-refractivity contribution in [3.8, 4) is 17.0 Å². The molecule has 2 aliphatic rings. The van der Waals surface area contributed by atoms with Crippen molar-refractivity contribution in [2.45, 2.75) is 32.9 Å². The van der Waals surface area contributed by atoms with E-state index < -0.39 is 0 Å². The van der Waals surface area contributed by atoms with E-state index in [1.165, 1.54) is 19.8 Å². The molecule has 29 heavy (non-hydrogen) atoms. The number of rotatable bonds is 3. The molecule has 5 rings (SSSR count). The molecule has 0 aliphatic carbocycles. The average molecular weight is 389 g/mol. The first-order chi connectivity index (χ1) is 14.2. The number of benzene rings is 1. The minimum Gasteiger partial charge on any atom is -0.487 e. The van der Waals surface area contributed by atoms with Crippen LogP contribution in [0.15, 0.2) is 42.6 Å². The Kier molecular flexibility index (Phi) is 4.42. The van der Waals surface area contributed by atoms with E-state index in [0.717, 1.165) is 52.9 Å². The second-order valence-electron chi connectivity index (χ2n) is 7.57. The predicted octanol–water partition coefficient (Wildman–Crippen LogP) is 3.44. The van der Waals surface area contributed by atoms with Crippen molar-refractivity contribution in [2.24, 2.45) is 0 Å². The van der Waals surface area contributed by atoms with E-state index in [1.807, 2.05) is 29.1 Å². The van der Waals surface area contributed by atoms with Crippen LogP contribution < -0.4 is 15.0 Å². The highest BCUT2D eigenvalue weighted by molar-refractivity contribution is 5.88. The topological polar surface area (TPSA) is 72.3 Å². The number of anilines is 2. The second kappa shape index (κ2) is 7.24. The number of nitrogens with zero attached hydrogens (tertiary/aromatic N) is 4. The Labute approximate surface area is 169 Å². The van der Waals surface area contributed by atoms with Gasteiger partial charge >= 0.3 is 0 Å². The van der Waals surface area contributed by atoms with Gasteiger partial charge in [0.05, 0.1) is 17.9 Å². The first-order valence-electron chi connectivity index (χ1n) is 9.97. The molecule has 3 aromatic rings. The fraction of sp³-hybridized carbons (Fsp3) is 0.318. The van der Waals surface area contributed by atoms with E-state index in [9.17, 15) is 4.79 Å². The van der Waals surface area contributed by atoms with Crippen LogP contribution in [-0.4, -0.2) is 33.8 Å². The van der Waals surface area contributed by atoms with Gasteiger partial charge in [-0.2, -0.15) is 5.10 Å². The van der Waals surface area contributed by atoms with Crippen molar-refractivity contribution in [3.05, 3.63) is 53.9 Å². The highest BCUT2D eigenvalue weighted by atomic mass is 16.5. The third-order valence-corrected chi connectivity index (χ3v) is 5.42. The number of aromatic nitrogens is 3. The first kappa shape index (κ1) is 17.7. The Morgan fingerprint density at radius 2 is 2.00 bits per heavy atom. The summed E-state index contributed by atoms with van der Waals surface area (Å²) in [5, 5.41) is 7.59. The molecular weight excluding hydrogens is 366 g/mol. The van der Waals surface area contributed by atoms with E-state index in [-0.39, 0.29) is 5.91 Å². The van der Waals surface area contributed by atoms with Crippen LogP contribution in [0.1, 0.15) is 31.0 Å². The molecule has 2 aliphatic heterocycles. The molecule has 7 nitrogen and oxygen atoms in total. The highest BCUT2D eigenvalue weighted by Gasteiger charge is 2.18. The molecule has 0 bridgehead atoms. The van der Waals surface area contributed by atoms with Crippen molar-refractivity contribution in [3.63, 3.8) is 0 Å². The van der Waals surface area contributed by atoms with Crippen LogP contribution in [-0.2, 0) is 17.9 Å². The number of hydrogen-bond donors (Lipinski definition) is 1. The molecule has 0 spiro atoms. The van der Waals surface area contributed by atoms with Gasteiger partial charge in [-0.05, 0) is 37.1 Å². The largest absolute Gasteiger partial charge is 0.487 e. The lowest BCUT2D eigenvalue weighted by Crippen LogP contribution is -2.18. The molecule has 0 unspecified atom stereocenters. The van der Waals surface area contributed by atoms with E-state index in [0.29, 0.717) is 13.2 Å². The number of pyridine rings is 1. The molecule has 148 valence electrons. The van der Waals surface area contributed by atoms with E-state index in [4.69, 9.17) is 9.84 Å². The van der Waals surface area contributed by atoms with Gasteiger partial charge in [-0.3, -0.25) is 9.48 Å². The summed E-state index contributed by atoms with van der Waals surface area (Å²) in [6.45, 7) is 4.74. The average Bonchev–Trinajstić information content (AvgIpc) is 3.35. The minimum atomic E-state index is -0.0968. The quantitative estimate of drug-likeness (QED) is 0.743. The fourth-order valence-corrected chi connectivity index (χ4v) is 3.93. The summed E-state index contributed by atoms with van der Waals surface area (Å²) in [6, 6.07) is 12.0. The van der Waals surface area contributed by atoms with Crippen LogP contribution in [0.2, 0.25) is 0 Å². The summed E-state index contributed by atoms with van der Waals surface area (Å²) in [4.78, 5) is 18.2. The molecule has 4 heterocycles. The Hall–Kier alpha value is -3.35. The Bertz CT molecular complexity index is 1050. The lowest BCUT2D eigenvalue weighted by Gasteiger charge is -2.15. The third kappa shape index (κ3) is 3.55. The summed E-state index contributed by atoms with van der Waals surface area (Å²) in [7, 11) is 0. The van der Waals surface area contributed by atoms with Gasteiger partial charge in [0.25, 0.3) is 0 Å². The molecule has 0 radical (unpaired) electrons. The van der Waals surface area contributed by atoms with Crippen molar-refractivity contribution < 1.29 is 9.53 Å². The van der Waals surface area contributed by atoms with Gasteiger partial charge in [0.1, 0.15) is 18.2 Å². The summed E-state index contributed by atoms with van der Waals surface area (Å²) >= 11 is 0. The van der Waals surface area contributed by atoms with Crippen molar-refractivity contribution >= 4 is 17.4 Å². The Morgan fingerprint density at radius 1 is 1.14 bits per heavy atom. The van der Waals surface area contributed by atoms with Crippen LogP contribution in [0.5, 0.6) is 5.75 Å². The smallest absolute Gasteiger partial charge is 0.221 e. The summed E-state index contributed by atoms with van der Waals surface area (Å²) in [6.07, 6.45) is 4.39. The number of carbonyl (C=O) groups excluding carboxylic acids is 1. The van der Waals surface area contributed by atoms with Gasteiger partial charge in [0.15, 0.2) is 0 Å². The third-order valence-electron chi connectivity index (χ3n) is 5.42. The molecule has 1 fully saturated rings. The molecule has 1 N–H and O–H groups in total. The molecular formula is C22H23N5O2. The first-order valence-corrected chi connectivity index (χ1v) is 9.97. The van der Waals surface area contributed by atoms with Crippen LogP contribution in [0.3, 0.4) is 0 Å². The molecule has 0 saturated carbocycles. The zero-order valence-corrected chi connectivity index (χ0v) is 16.4. The SMILES string of the molecule is CC(=O)Nc1ccc2c(c1)OCc1cc(-c3ccc(N4CCCC4)nc3)nn1C2. The number of hydrogen-bond acceptors (Lipinski definition) is 5. The lowest BCUT2D eigenvalue weighted by atomic mass is 10.2. The van der Waals surface area contributed by atoms with Gasteiger partial charge in [0.2, 0.25) is 5.91 Å². The maximum atomic E-state index is 11.3. The van der Waals surface area contributed by atoms with E-state index >= 15 is 0 Å². The number of nitrogens with one attached hydrogen (secondary N) is 1. The molecule has 1 aromatic carbocycles. The zero-order chi connectivity index (χ0) is 19.8. The monoisotopic (exact) mass is 389 g/mol. The Morgan fingerprint density at radius 3 is 2.76 bits per heavy atom. The Balaban J connectivity index is 1.37. The van der Waals surface area contributed by atoms with Crippen molar-refractivity contribution in [1.29, 1.82) is 0 Å². The van der Waals surface area contributed by atoms with Gasteiger partial charge in [0, 0.05) is 49.1 Å². The van der Waals surface area contributed by atoms with Crippen LogP contribution in [0, 0.1) is 0 Å². The minimum absolute atomic E-state index is 0.0968. The maximum Gasteiger partial charge on any atom is 0.221 e. The summed E-state index contributed by atoms with van der Waals surface area (Å²) in [5.41, 5.74) is 4.70. The van der Waals surface area contributed by atoms with Crippen LogP contribution in [0.25, 0.3) is 11.3 Å². The number of carbonyl (C=O) groups is 1. The van der Waals surface area contributed by atoms with Crippen molar-refractivity contribution in [2.75, 3.05) is 23.3 Å². The highest BCUT2D eigenvalue weighted by Crippen LogP contribution is 2.30. The van der Waals surface area contributed by atoms with Crippen LogP contribution in [0.4, 0.5) is 11.5 Å². The standard InChI is InChI=1S/C22H23N5O2/c1-15(28)24-18-6-4-17-13-27-19(14-29-21(17)10-18)11-20(25-27)16-5-7-22(23-12-16)26-8-2-3-9-26/h4-7,10-12H,2-3,8-9,13-14H2,1H3,(H,24,28). The summed E-state index contributed by atoms with van der Waals surface area (Å²) < 4.78 is 7.98. The predicted molar refractivity (Wildman–Crippen MR) is 111 cm³/mol. The van der Waals surface area contributed by atoms with Gasteiger partial charge in [-0.15, -0.1) is 0 Å². The number of fused-ring (bicyclic) bond motifs is 2. The lowest BCUT2D eigenvalue weighted by molar-refractivity contribution is -0.114. The van der Waals surface area contributed by atoms with Gasteiger partial charge in [-0.25, -0.2) is 4.98 Å². The van der Waals surface area contributed by atoms with E-state index in [1.54, 1.807) is 0 Å². The normalized spacial score (nSPS) is 15.3. The molecule has 0 atom stereocenters. The molecule has 7 heteroatoms. The second-order valence-corrected chi connectivity index (χ2v) is 7.57. The van der Waals surface area contributed by atoms with Gasteiger partial charge in [-0.1, -0.05) is 6.07 Å². The van der Waals surface area contributed by atoms with Crippen molar-refractivity contribution in [1.82, 2.24) is 14.8 Å². The van der Waals surface area contributed by atoms with Gasteiger partial charge < -0.3 is 15.0 Å². The van der Waals surface area contributed by atoms with Crippen LogP contribution >= 0.6 is 0 Å².